The van der Waals surface area contributed by atoms with Crippen molar-refractivity contribution < 1.29 is 9.53 Å². The summed E-state index contributed by atoms with van der Waals surface area (Å²) >= 11 is 3.35. The second kappa shape index (κ2) is 5.97. The molecule has 1 heterocycles. The Bertz CT molecular complexity index is 611. The van der Waals surface area contributed by atoms with E-state index in [1.54, 1.807) is 25.6 Å². The zero-order valence-corrected chi connectivity index (χ0v) is 12.4. The summed E-state index contributed by atoms with van der Waals surface area (Å²) in [7, 11) is 1.62. The van der Waals surface area contributed by atoms with E-state index in [1.807, 2.05) is 25.1 Å². The van der Waals surface area contributed by atoms with Crippen LogP contribution in [0.2, 0.25) is 0 Å². The number of pyridine rings is 1. The van der Waals surface area contributed by atoms with Gasteiger partial charge in [-0.25, -0.2) is 0 Å². The van der Waals surface area contributed by atoms with E-state index in [1.165, 1.54) is 0 Å². The Hall–Kier alpha value is -1.68. The molecule has 0 aliphatic heterocycles. The van der Waals surface area contributed by atoms with Crippen molar-refractivity contribution in [1.29, 1.82) is 0 Å². The number of hydrogen-bond donors (Lipinski definition) is 0. The molecule has 4 heteroatoms. The average Bonchev–Trinajstić information content (AvgIpc) is 2.38. The zero-order valence-electron chi connectivity index (χ0n) is 10.8. The van der Waals surface area contributed by atoms with E-state index in [9.17, 15) is 4.79 Å². The fourth-order valence-electron chi connectivity index (χ4n) is 1.89. The lowest BCUT2D eigenvalue weighted by Gasteiger charge is -2.07. The molecule has 0 bridgehead atoms. The van der Waals surface area contributed by atoms with Gasteiger partial charge < -0.3 is 4.74 Å². The first-order chi connectivity index (χ1) is 9.10. The van der Waals surface area contributed by atoms with Crippen LogP contribution in [0.3, 0.4) is 0 Å². The summed E-state index contributed by atoms with van der Waals surface area (Å²) in [5.74, 6) is 0.867. The van der Waals surface area contributed by atoms with Crippen molar-refractivity contribution in [2.45, 2.75) is 13.3 Å². The molecule has 0 atom stereocenters. The highest BCUT2D eigenvalue weighted by atomic mass is 79.9. The van der Waals surface area contributed by atoms with Crippen LogP contribution in [-0.4, -0.2) is 17.9 Å². The van der Waals surface area contributed by atoms with Gasteiger partial charge in [0.1, 0.15) is 5.75 Å². The number of benzene rings is 1. The van der Waals surface area contributed by atoms with Gasteiger partial charge in [-0.15, -0.1) is 0 Å². The van der Waals surface area contributed by atoms with Gasteiger partial charge in [0.15, 0.2) is 5.78 Å². The molecule has 98 valence electrons. The van der Waals surface area contributed by atoms with Crippen LogP contribution in [0.5, 0.6) is 5.75 Å². The molecule has 0 unspecified atom stereocenters. The third-order valence-electron chi connectivity index (χ3n) is 2.84. The second-order valence-corrected chi connectivity index (χ2v) is 5.21. The van der Waals surface area contributed by atoms with Crippen LogP contribution in [-0.2, 0) is 6.42 Å². The van der Waals surface area contributed by atoms with E-state index >= 15 is 0 Å². The third-order valence-corrected chi connectivity index (χ3v) is 3.28. The number of ketones is 1. The summed E-state index contributed by atoms with van der Waals surface area (Å²) in [6, 6.07) is 7.37. The minimum Gasteiger partial charge on any atom is -0.496 e. The summed E-state index contributed by atoms with van der Waals surface area (Å²) in [4.78, 5) is 16.3. The molecule has 0 aliphatic carbocycles. The number of ether oxygens (including phenoxy) is 1. The van der Waals surface area contributed by atoms with Crippen molar-refractivity contribution in [1.82, 2.24) is 4.98 Å². The first kappa shape index (κ1) is 13.7. The minimum absolute atomic E-state index is 0.0747. The highest BCUT2D eigenvalue weighted by molar-refractivity contribution is 9.10. The molecule has 0 saturated heterocycles. The second-order valence-electron chi connectivity index (χ2n) is 4.30. The molecular formula is C15H14BrNO2. The van der Waals surface area contributed by atoms with Crippen molar-refractivity contribution >= 4 is 21.7 Å². The Labute approximate surface area is 120 Å². The van der Waals surface area contributed by atoms with Gasteiger partial charge in [0.05, 0.1) is 7.11 Å². The number of aromatic nitrogens is 1. The van der Waals surface area contributed by atoms with Crippen LogP contribution in [0.25, 0.3) is 0 Å². The maximum atomic E-state index is 12.2. The predicted molar refractivity (Wildman–Crippen MR) is 77.7 cm³/mol. The smallest absolute Gasteiger partial charge is 0.167 e. The molecule has 0 amide bonds. The van der Waals surface area contributed by atoms with Gasteiger partial charge in [-0.3, -0.25) is 9.78 Å². The molecule has 2 aromatic rings. The lowest BCUT2D eigenvalue weighted by Crippen LogP contribution is -2.04. The van der Waals surface area contributed by atoms with Crippen molar-refractivity contribution in [2.75, 3.05) is 7.11 Å². The SMILES string of the molecule is COc1ccc(C(=O)Cc2cncc(Br)c2)cc1C. The normalized spacial score (nSPS) is 10.3. The van der Waals surface area contributed by atoms with E-state index in [-0.39, 0.29) is 5.78 Å². The van der Waals surface area contributed by atoms with E-state index in [4.69, 9.17) is 4.74 Å². The molecule has 19 heavy (non-hydrogen) atoms. The number of carbonyl (C=O) groups is 1. The quantitative estimate of drug-likeness (QED) is 0.808. The van der Waals surface area contributed by atoms with E-state index in [0.717, 1.165) is 21.3 Å². The molecule has 0 saturated carbocycles. The average molecular weight is 320 g/mol. The Morgan fingerprint density at radius 3 is 2.74 bits per heavy atom. The Balaban J connectivity index is 2.18. The fraction of sp³-hybridized carbons (Fsp3) is 0.200. The summed E-state index contributed by atoms with van der Waals surface area (Å²) < 4.78 is 6.06. The lowest BCUT2D eigenvalue weighted by molar-refractivity contribution is 0.0992. The van der Waals surface area contributed by atoms with Crippen LogP contribution in [0.4, 0.5) is 0 Å². The van der Waals surface area contributed by atoms with Crippen LogP contribution >= 0.6 is 15.9 Å². The molecule has 0 N–H and O–H groups in total. The highest BCUT2D eigenvalue weighted by Crippen LogP contribution is 2.20. The van der Waals surface area contributed by atoms with Gasteiger partial charge in [0, 0.05) is 28.9 Å². The van der Waals surface area contributed by atoms with Crippen molar-refractivity contribution in [3.05, 3.63) is 57.8 Å². The molecule has 0 radical (unpaired) electrons. The van der Waals surface area contributed by atoms with Gasteiger partial charge in [-0.2, -0.15) is 0 Å². The predicted octanol–water partition coefficient (Wildman–Crippen LogP) is 3.59. The molecule has 1 aromatic heterocycles. The number of rotatable bonds is 4. The van der Waals surface area contributed by atoms with Crippen molar-refractivity contribution in [3.8, 4) is 5.75 Å². The van der Waals surface area contributed by atoms with Crippen LogP contribution < -0.4 is 4.74 Å². The van der Waals surface area contributed by atoms with Gasteiger partial charge in [-0.1, -0.05) is 0 Å². The molecule has 2 rings (SSSR count). The third kappa shape index (κ3) is 3.41. The highest BCUT2D eigenvalue weighted by Gasteiger charge is 2.09. The molecular weight excluding hydrogens is 306 g/mol. The van der Waals surface area contributed by atoms with Crippen LogP contribution in [0, 0.1) is 6.92 Å². The fourth-order valence-corrected chi connectivity index (χ4v) is 2.30. The molecule has 3 nitrogen and oxygen atoms in total. The number of nitrogens with zero attached hydrogens (tertiary/aromatic N) is 1. The van der Waals surface area contributed by atoms with Gasteiger partial charge in [0.2, 0.25) is 0 Å². The van der Waals surface area contributed by atoms with Gasteiger partial charge >= 0.3 is 0 Å². The Morgan fingerprint density at radius 1 is 1.32 bits per heavy atom. The molecule has 0 spiro atoms. The van der Waals surface area contributed by atoms with Crippen molar-refractivity contribution in [3.63, 3.8) is 0 Å². The Morgan fingerprint density at radius 2 is 2.11 bits per heavy atom. The Kier molecular flexibility index (Phi) is 4.32. The summed E-state index contributed by atoms with van der Waals surface area (Å²) in [6.45, 7) is 1.93. The van der Waals surface area contributed by atoms with Gasteiger partial charge in [-0.05, 0) is 58.2 Å². The maximum Gasteiger partial charge on any atom is 0.167 e. The topological polar surface area (TPSA) is 39.2 Å². The van der Waals surface area contributed by atoms with Crippen LogP contribution in [0.15, 0.2) is 41.1 Å². The largest absolute Gasteiger partial charge is 0.496 e. The number of carbonyl (C=O) groups excluding carboxylic acids is 1. The summed E-state index contributed by atoms with van der Waals surface area (Å²) in [5.41, 5.74) is 2.55. The molecule has 0 fully saturated rings. The number of halogens is 1. The standard InChI is InChI=1S/C15H14BrNO2/c1-10-5-12(3-4-15(10)19-2)14(18)7-11-6-13(16)9-17-8-11/h3-6,8-9H,7H2,1-2H3. The zero-order chi connectivity index (χ0) is 13.8. The van der Waals surface area contributed by atoms with Crippen LogP contribution in [0.1, 0.15) is 21.5 Å². The van der Waals surface area contributed by atoms with E-state index < -0.39 is 0 Å². The molecule has 1 aromatic carbocycles. The number of hydrogen-bond acceptors (Lipinski definition) is 3. The lowest BCUT2D eigenvalue weighted by atomic mass is 10.0. The summed E-state index contributed by atoms with van der Waals surface area (Å²) in [6.07, 6.45) is 3.75. The molecule has 0 aliphatic rings. The number of Topliss-reactive ketones (excluding diaryl/α,β-unsaturated/α-hetero) is 1. The number of methoxy groups -OCH3 is 1. The number of aryl methyl sites for hydroxylation is 1. The minimum atomic E-state index is 0.0747. The van der Waals surface area contributed by atoms with E-state index in [2.05, 4.69) is 20.9 Å². The first-order valence-corrected chi connectivity index (χ1v) is 6.66. The maximum absolute atomic E-state index is 12.2. The van der Waals surface area contributed by atoms with E-state index in [0.29, 0.717) is 12.0 Å². The monoisotopic (exact) mass is 319 g/mol. The van der Waals surface area contributed by atoms with Crippen molar-refractivity contribution in [2.24, 2.45) is 0 Å². The van der Waals surface area contributed by atoms with Gasteiger partial charge in [0.25, 0.3) is 0 Å². The summed E-state index contributed by atoms with van der Waals surface area (Å²) in [5, 5.41) is 0. The first-order valence-electron chi connectivity index (χ1n) is 5.87.